The first-order chi connectivity index (χ1) is 14.5. The van der Waals surface area contributed by atoms with E-state index in [0.29, 0.717) is 45.0 Å². The van der Waals surface area contributed by atoms with Crippen molar-refractivity contribution in [3.63, 3.8) is 0 Å². The predicted octanol–water partition coefficient (Wildman–Crippen LogP) is 4.25. The molecule has 0 unspecified atom stereocenters. The first kappa shape index (κ1) is 21.7. The lowest BCUT2D eigenvalue weighted by Crippen LogP contribution is -2.45. The van der Waals surface area contributed by atoms with Gasteiger partial charge in [0.05, 0.1) is 6.54 Å². The van der Waals surface area contributed by atoms with Gasteiger partial charge in [0, 0.05) is 24.7 Å². The van der Waals surface area contributed by atoms with Crippen molar-refractivity contribution in [2.45, 2.75) is 32.6 Å². The highest BCUT2D eigenvalue weighted by Gasteiger charge is 2.27. The monoisotopic (exact) mass is 409 g/mol. The van der Waals surface area contributed by atoms with Crippen molar-refractivity contribution >= 4 is 17.6 Å². The molecule has 1 heterocycles. The van der Waals surface area contributed by atoms with E-state index >= 15 is 0 Å². The van der Waals surface area contributed by atoms with Gasteiger partial charge in [-0.2, -0.15) is 0 Å². The lowest BCUT2D eigenvalue weighted by Gasteiger charge is -2.31. The number of para-hydroxylation sites is 1. The van der Waals surface area contributed by atoms with Crippen molar-refractivity contribution in [3.8, 4) is 5.75 Å². The van der Waals surface area contributed by atoms with Crippen LogP contribution in [0.3, 0.4) is 0 Å². The van der Waals surface area contributed by atoms with E-state index < -0.39 is 0 Å². The lowest BCUT2D eigenvalue weighted by molar-refractivity contribution is -0.126. The molecular formula is C24H31N3O3. The van der Waals surface area contributed by atoms with Crippen molar-refractivity contribution in [2.75, 3.05) is 31.6 Å². The van der Waals surface area contributed by atoms with Crippen LogP contribution in [0.15, 0.2) is 54.6 Å². The number of nitrogens with one attached hydrogen (secondary N) is 2. The molecule has 0 radical (unpaired) electrons. The molecule has 0 saturated carbocycles. The molecule has 2 aromatic rings. The SMILES string of the molecule is CC(C)c1ccc(OCCNC(=O)C2CCN(C(=O)Nc3ccccc3)CC2)cc1. The summed E-state index contributed by atoms with van der Waals surface area (Å²) in [5.74, 6) is 1.29. The van der Waals surface area contributed by atoms with Gasteiger partial charge in [0.15, 0.2) is 0 Å². The maximum absolute atomic E-state index is 12.4. The van der Waals surface area contributed by atoms with Crippen LogP contribution >= 0.6 is 0 Å². The Hall–Kier alpha value is -3.02. The molecule has 0 aromatic heterocycles. The summed E-state index contributed by atoms with van der Waals surface area (Å²) in [6, 6.07) is 17.4. The van der Waals surface area contributed by atoms with Crippen molar-refractivity contribution in [1.82, 2.24) is 10.2 Å². The van der Waals surface area contributed by atoms with Crippen LogP contribution in [0.4, 0.5) is 10.5 Å². The first-order valence-corrected chi connectivity index (χ1v) is 10.6. The fraction of sp³-hybridized carbons (Fsp3) is 0.417. The molecule has 1 fully saturated rings. The van der Waals surface area contributed by atoms with Crippen LogP contribution in [0.25, 0.3) is 0 Å². The summed E-state index contributed by atoms with van der Waals surface area (Å²) in [7, 11) is 0. The van der Waals surface area contributed by atoms with Crippen LogP contribution in [0.1, 0.15) is 38.2 Å². The van der Waals surface area contributed by atoms with Gasteiger partial charge in [-0.25, -0.2) is 4.79 Å². The molecule has 30 heavy (non-hydrogen) atoms. The van der Waals surface area contributed by atoms with Crippen LogP contribution < -0.4 is 15.4 Å². The topological polar surface area (TPSA) is 70.7 Å². The molecule has 1 saturated heterocycles. The van der Waals surface area contributed by atoms with Crippen molar-refractivity contribution < 1.29 is 14.3 Å². The van der Waals surface area contributed by atoms with Crippen LogP contribution in [0, 0.1) is 5.92 Å². The Labute approximate surface area is 178 Å². The standard InChI is InChI=1S/C24H31N3O3/c1-18(2)19-8-10-22(11-9-19)30-17-14-25-23(28)20-12-15-27(16-13-20)24(29)26-21-6-4-3-5-7-21/h3-11,18,20H,12-17H2,1-2H3,(H,25,28)(H,26,29). The molecule has 3 rings (SSSR count). The third-order valence-corrected chi connectivity index (χ3v) is 5.39. The van der Waals surface area contributed by atoms with Crippen molar-refractivity contribution in [2.24, 2.45) is 5.92 Å². The number of urea groups is 1. The van der Waals surface area contributed by atoms with E-state index in [1.54, 1.807) is 4.90 Å². The van der Waals surface area contributed by atoms with Crippen molar-refractivity contribution in [1.29, 1.82) is 0 Å². The summed E-state index contributed by atoms with van der Waals surface area (Å²) in [6.07, 6.45) is 1.34. The zero-order chi connectivity index (χ0) is 21.3. The Bertz CT molecular complexity index is 813. The number of benzene rings is 2. The number of nitrogens with zero attached hydrogens (tertiary/aromatic N) is 1. The molecular weight excluding hydrogens is 378 g/mol. The zero-order valence-electron chi connectivity index (χ0n) is 17.8. The Balaban J connectivity index is 1.33. The van der Waals surface area contributed by atoms with E-state index in [0.717, 1.165) is 11.4 Å². The van der Waals surface area contributed by atoms with Gasteiger partial charge in [-0.1, -0.05) is 44.2 Å². The number of carbonyl (C=O) groups is 2. The summed E-state index contributed by atoms with van der Waals surface area (Å²) >= 11 is 0. The van der Waals surface area contributed by atoms with Gasteiger partial charge in [-0.15, -0.1) is 0 Å². The second kappa shape index (κ2) is 10.7. The number of hydrogen-bond donors (Lipinski definition) is 2. The molecule has 0 atom stereocenters. The summed E-state index contributed by atoms with van der Waals surface area (Å²) in [4.78, 5) is 26.5. The Morgan fingerprint density at radius 3 is 2.33 bits per heavy atom. The van der Waals surface area contributed by atoms with Crippen LogP contribution in [0.5, 0.6) is 5.75 Å². The number of amides is 3. The highest BCUT2D eigenvalue weighted by Crippen LogP contribution is 2.19. The highest BCUT2D eigenvalue weighted by molar-refractivity contribution is 5.89. The number of rotatable bonds is 7. The van der Waals surface area contributed by atoms with Gasteiger partial charge in [0.2, 0.25) is 5.91 Å². The fourth-order valence-corrected chi connectivity index (χ4v) is 3.51. The van der Waals surface area contributed by atoms with E-state index in [1.807, 2.05) is 42.5 Å². The minimum absolute atomic E-state index is 0.0388. The summed E-state index contributed by atoms with van der Waals surface area (Å²) in [6.45, 7) is 6.38. The molecule has 1 aliphatic rings. The number of piperidine rings is 1. The molecule has 6 heteroatoms. The third kappa shape index (κ3) is 6.24. The second-order valence-corrected chi connectivity index (χ2v) is 7.92. The lowest BCUT2D eigenvalue weighted by atomic mass is 9.96. The van der Waals surface area contributed by atoms with Gasteiger partial charge in [0.1, 0.15) is 12.4 Å². The first-order valence-electron chi connectivity index (χ1n) is 10.6. The molecule has 0 spiro atoms. The molecule has 2 aromatic carbocycles. The van der Waals surface area contributed by atoms with Gasteiger partial charge >= 0.3 is 6.03 Å². The minimum Gasteiger partial charge on any atom is -0.492 e. The van der Waals surface area contributed by atoms with Crippen LogP contribution in [-0.4, -0.2) is 43.1 Å². The smallest absolute Gasteiger partial charge is 0.321 e. The molecule has 0 bridgehead atoms. The van der Waals surface area contributed by atoms with E-state index in [1.165, 1.54) is 5.56 Å². The number of likely N-dealkylation sites (tertiary alicyclic amines) is 1. The molecule has 6 nitrogen and oxygen atoms in total. The number of ether oxygens (including phenoxy) is 1. The van der Waals surface area contributed by atoms with Gasteiger partial charge in [-0.05, 0) is 48.6 Å². The summed E-state index contributed by atoms with van der Waals surface area (Å²) < 4.78 is 5.71. The Morgan fingerprint density at radius 1 is 1.03 bits per heavy atom. The van der Waals surface area contributed by atoms with Gasteiger partial charge in [-0.3, -0.25) is 4.79 Å². The largest absolute Gasteiger partial charge is 0.492 e. The van der Waals surface area contributed by atoms with E-state index in [4.69, 9.17) is 4.74 Å². The summed E-state index contributed by atoms with van der Waals surface area (Å²) in [5, 5.41) is 5.85. The number of hydrogen-bond acceptors (Lipinski definition) is 3. The van der Waals surface area contributed by atoms with E-state index in [2.05, 4.69) is 36.6 Å². The summed E-state index contributed by atoms with van der Waals surface area (Å²) in [5.41, 5.74) is 2.06. The van der Waals surface area contributed by atoms with E-state index in [-0.39, 0.29) is 17.9 Å². The molecule has 160 valence electrons. The number of carbonyl (C=O) groups excluding carboxylic acids is 2. The Morgan fingerprint density at radius 2 is 1.70 bits per heavy atom. The average molecular weight is 410 g/mol. The maximum Gasteiger partial charge on any atom is 0.321 e. The van der Waals surface area contributed by atoms with Crippen LogP contribution in [0.2, 0.25) is 0 Å². The third-order valence-electron chi connectivity index (χ3n) is 5.39. The maximum atomic E-state index is 12.4. The average Bonchev–Trinajstić information content (AvgIpc) is 2.77. The molecule has 3 amide bonds. The van der Waals surface area contributed by atoms with Crippen LogP contribution in [-0.2, 0) is 4.79 Å². The quantitative estimate of drug-likeness (QED) is 0.672. The number of anilines is 1. The molecule has 0 aliphatic carbocycles. The molecule has 1 aliphatic heterocycles. The highest BCUT2D eigenvalue weighted by atomic mass is 16.5. The normalized spacial score (nSPS) is 14.4. The zero-order valence-corrected chi connectivity index (χ0v) is 17.8. The van der Waals surface area contributed by atoms with E-state index in [9.17, 15) is 9.59 Å². The van der Waals surface area contributed by atoms with Gasteiger partial charge < -0.3 is 20.3 Å². The van der Waals surface area contributed by atoms with Crippen molar-refractivity contribution in [3.05, 3.63) is 60.2 Å². The van der Waals surface area contributed by atoms with Gasteiger partial charge in [0.25, 0.3) is 0 Å². The fourth-order valence-electron chi connectivity index (χ4n) is 3.51. The minimum atomic E-state index is -0.114. The predicted molar refractivity (Wildman–Crippen MR) is 119 cm³/mol. The Kier molecular flexibility index (Phi) is 7.71. The second-order valence-electron chi connectivity index (χ2n) is 7.92. The molecule has 2 N–H and O–H groups in total.